The first-order valence-corrected chi connectivity index (χ1v) is 6.08. The van der Waals surface area contributed by atoms with Gasteiger partial charge in [0.2, 0.25) is 5.91 Å². The molecule has 1 amide bonds. The van der Waals surface area contributed by atoms with Crippen LogP contribution >= 0.6 is 0 Å². The highest BCUT2D eigenvalue weighted by Gasteiger charge is 2.05. The highest BCUT2D eigenvalue weighted by atomic mass is 16.1. The molecule has 0 spiro atoms. The molecule has 2 aromatic rings. The van der Waals surface area contributed by atoms with Gasteiger partial charge in [0.05, 0.1) is 0 Å². The number of hydrogen-bond donors (Lipinski definition) is 2. The van der Waals surface area contributed by atoms with Gasteiger partial charge in [-0.2, -0.15) is 0 Å². The Balaban J connectivity index is 2.18. The van der Waals surface area contributed by atoms with Crippen LogP contribution in [0.4, 0.5) is 5.82 Å². The first-order chi connectivity index (χ1) is 9.15. The Hall–Kier alpha value is -2.43. The van der Waals surface area contributed by atoms with Crippen LogP contribution in [0.5, 0.6) is 0 Å². The van der Waals surface area contributed by atoms with Crippen molar-refractivity contribution in [1.29, 1.82) is 0 Å². The number of aromatic nitrogens is 2. The lowest BCUT2D eigenvalue weighted by Gasteiger charge is -2.06. The van der Waals surface area contributed by atoms with Crippen LogP contribution in [0, 0.1) is 0 Å². The summed E-state index contributed by atoms with van der Waals surface area (Å²) in [5.41, 5.74) is 7.54. The van der Waals surface area contributed by atoms with E-state index in [0.717, 1.165) is 11.3 Å². The number of nitrogens with zero attached hydrogens (tertiary/aromatic N) is 2. The van der Waals surface area contributed by atoms with Crippen LogP contribution in [0.25, 0.3) is 11.4 Å². The fourth-order valence-corrected chi connectivity index (χ4v) is 1.73. The SMILES string of the molecule is CC(=O)NCCc1cc(N)nc(-c2ccccc2)n1. The van der Waals surface area contributed by atoms with E-state index in [4.69, 9.17) is 5.73 Å². The van der Waals surface area contributed by atoms with E-state index in [2.05, 4.69) is 15.3 Å². The van der Waals surface area contributed by atoms with Crippen molar-refractivity contribution in [3.63, 3.8) is 0 Å². The van der Waals surface area contributed by atoms with Crippen LogP contribution in [0.1, 0.15) is 12.6 Å². The molecule has 19 heavy (non-hydrogen) atoms. The molecule has 5 heteroatoms. The van der Waals surface area contributed by atoms with Crippen molar-refractivity contribution in [2.24, 2.45) is 0 Å². The zero-order chi connectivity index (χ0) is 13.7. The minimum Gasteiger partial charge on any atom is -0.384 e. The standard InChI is InChI=1S/C14H16N4O/c1-10(19)16-8-7-12-9-13(15)18-14(17-12)11-5-3-2-4-6-11/h2-6,9H,7-8H2,1H3,(H,16,19)(H2,15,17,18). The second-order valence-electron chi connectivity index (χ2n) is 4.21. The topological polar surface area (TPSA) is 80.9 Å². The van der Waals surface area contributed by atoms with Gasteiger partial charge in [0.15, 0.2) is 5.82 Å². The highest BCUT2D eigenvalue weighted by molar-refractivity contribution is 5.72. The lowest BCUT2D eigenvalue weighted by atomic mass is 10.2. The molecule has 0 aliphatic carbocycles. The molecular formula is C14H16N4O. The number of carbonyl (C=O) groups excluding carboxylic acids is 1. The van der Waals surface area contributed by atoms with Gasteiger partial charge in [0.25, 0.3) is 0 Å². The molecule has 0 saturated carbocycles. The molecule has 0 aliphatic rings. The Morgan fingerprint density at radius 3 is 2.68 bits per heavy atom. The maximum Gasteiger partial charge on any atom is 0.216 e. The first-order valence-electron chi connectivity index (χ1n) is 6.08. The molecule has 0 aliphatic heterocycles. The summed E-state index contributed by atoms with van der Waals surface area (Å²) in [6.45, 7) is 2.03. The van der Waals surface area contributed by atoms with Gasteiger partial charge in [0, 0.05) is 37.2 Å². The Morgan fingerprint density at radius 2 is 2.00 bits per heavy atom. The number of hydrogen-bond acceptors (Lipinski definition) is 4. The molecule has 0 unspecified atom stereocenters. The van der Waals surface area contributed by atoms with Crippen LogP contribution < -0.4 is 11.1 Å². The van der Waals surface area contributed by atoms with Crippen LogP contribution in [0.3, 0.4) is 0 Å². The molecule has 98 valence electrons. The van der Waals surface area contributed by atoms with Crippen molar-refractivity contribution in [2.45, 2.75) is 13.3 Å². The molecule has 5 nitrogen and oxygen atoms in total. The van der Waals surface area contributed by atoms with E-state index in [1.54, 1.807) is 6.07 Å². The molecule has 1 heterocycles. The predicted molar refractivity (Wildman–Crippen MR) is 74.3 cm³/mol. The predicted octanol–water partition coefficient (Wildman–Crippen LogP) is 1.40. The van der Waals surface area contributed by atoms with E-state index in [1.165, 1.54) is 6.92 Å². The van der Waals surface area contributed by atoms with E-state index in [-0.39, 0.29) is 5.91 Å². The Bertz CT molecular complexity index is 569. The normalized spacial score (nSPS) is 10.2. The third kappa shape index (κ3) is 3.77. The average Bonchev–Trinajstić information content (AvgIpc) is 2.39. The Kier molecular flexibility index (Phi) is 4.07. The van der Waals surface area contributed by atoms with E-state index in [0.29, 0.717) is 24.6 Å². The van der Waals surface area contributed by atoms with Gasteiger partial charge in [-0.25, -0.2) is 9.97 Å². The molecule has 1 aromatic heterocycles. The monoisotopic (exact) mass is 256 g/mol. The van der Waals surface area contributed by atoms with E-state index >= 15 is 0 Å². The zero-order valence-corrected chi connectivity index (χ0v) is 10.8. The van der Waals surface area contributed by atoms with Crippen LogP contribution in [-0.2, 0) is 11.2 Å². The summed E-state index contributed by atoms with van der Waals surface area (Å²) in [6.07, 6.45) is 0.631. The quantitative estimate of drug-likeness (QED) is 0.866. The van der Waals surface area contributed by atoms with Crippen LogP contribution in [0.15, 0.2) is 36.4 Å². The summed E-state index contributed by atoms with van der Waals surface area (Å²) in [6, 6.07) is 11.4. The van der Waals surface area contributed by atoms with Gasteiger partial charge in [-0.1, -0.05) is 30.3 Å². The summed E-state index contributed by atoms with van der Waals surface area (Å²) < 4.78 is 0. The molecule has 1 aromatic carbocycles. The largest absolute Gasteiger partial charge is 0.384 e. The maximum atomic E-state index is 10.8. The number of rotatable bonds is 4. The Labute approximate surface area is 111 Å². The molecule has 3 N–H and O–H groups in total. The summed E-state index contributed by atoms with van der Waals surface area (Å²) in [5, 5.41) is 2.73. The second kappa shape index (κ2) is 5.95. The van der Waals surface area contributed by atoms with Crippen molar-refractivity contribution >= 4 is 11.7 Å². The number of carbonyl (C=O) groups is 1. The first kappa shape index (κ1) is 13.0. The minimum absolute atomic E-state index is 0.0506. The van der Waals surface area contributed by atoms with Gasteiger partial charge in [-0.3, -0.25) is 4.79 Å². The van der Waals surface area contributed by atoms with Gasteiger partial charge in [-0.05, 0) is 0 Å². The Morgan fingerprint density at radius 1 is 1.26 bits per heavy atom. The van der Waals surface area contributed by atoms with Crippen molar-refractivity contribution in [2.75, 3.05) is 12.3 Å². The van der Waals surface area contributed by atoms with Crippen molar-refractivity contribution < 1.29 is 4.79 Å². The van der Waals surface area contributed by atoms with Crippen molar-refractivity contribution in [3.05, 3.63) is 42.1 Å². The zero-order valence-electron chi connectivity index (χ0n) is 10.8. The number of anilines is 1. The third-order valence-electron chi connectivity index (χ3n) is 2.59. The average molecular weight is 256 g/mol. The van der Waals surface area contributed by atoms with Gasteiger partial charge >= 0.3 is 0 Å². The molecule has 0 saturated heterocycles. The number of nitrogen functional groups attached to an aromatic ring is 1. The van der Waals surface area contributed by atoms with Gasteiger partial charge in [-0.15, -0.1) is 0 Å². The fourth-order valence-electron chi connectivity index (χ4n) is 1.73. The number of nitrogens with two attached hydrogens (primary N) is 1. The van der Waals surface area contributed by atoms with Crippen LogP contribution in [-0.4, -0.2) is 22.4 Å². The van der Waals surface area contributed by atoms with Crippen molar-refractivity contribution in [3.8, 4) is 11.4 Å². The van der Waals surface area contributed by atoms with E-state index < -0.39 is 0 Å². The van der Waals surface area contributed by atoms with Gasteiger partial charge in [0.1, 0.15) is 5.82 Å². The lowest BCUT2D eigenvalue weighted by Crippen LogP contribution is -2.22. The third-order valence-corrected chi connectivity index (χ3v) is 2.59. The van der Waals surface area contributed by atoms with E-state index in [1.807, 2.05) is 30.3 Å². The smallest absolute Gasteiger partial charge is 0.216 e. The van der Waals surface area contributed by atoms with Crippen molar-refractivity contribution in [1.82, 2.24) is 15.3 Å². The van der Waals surface area contributed by atoms with Crippen LogP contribution in [0.2, 0.25) is 0 Å². The number of amides is 1. The summed E-state index contributed by atoms with van der Waals surface area (Å²) >= 11 is 0. The summed E-state index contributed by atoms with van der Waals surface area (Å²) in [7, 11) is 0. The molecule has 0 bridgehead atoms. The molecule has 0 fully saturated rings. The second-order valence-corrected chi connectivity index (χ2v) is 4.21. The molecule has 0 atom stereocenters. The molecule has 2 rings (SSSR count). The van der Waals surface area contributed by atoms with E-state index in [9.17, 15) is 4.79 Å². The number of nitrogens with one attached hydrogen (secondary N) is 1. The lowest BCUT2D eigenvalue weighted by molar-refractivity contribution is -0.118. The summed E-state index contributed by atoms with van der Waals surface area (Å²) in [5.74, 6) is 0.996. The van der Waals surface area contributed by atoms with Gasteiger partial charge < -0.3 is 11.1 Å². The highest BCUT2D eigenvalue weighted by Crippen LogP contribution is 2.16. The minimum atomic E-state index is -0.0506. The molecule has 0 radical (unpaired) electrons. The fraction of sp³-hybridized carbons (Fsp3) is 0.214. The number of benzene rings is 1. The molecular weight excluding hydrogens is 240 g/mol. The summed E-state index contributed by atoms with van der Waals surface area (Å²) in [4.78, 5) is 19.5. The maximum absolute atomic E-state index is 10.8.